The summed E-state index contributed by atoms with van der Waals surface area (Å²) in [6.07, 6.45) is 3.46. The van der Waals surface area contributed by atoms with Crippen LogP contribution in [0, 0.1) is 5.92 Å². The van der Waals surface area contributed by atoms with Gasteiger partial charge >= 0.3 is 0 Å². The molecule has 2 fully saturated rings. The maximum atomic E-state index is 11.8. The highest BCUT2D eigenvalue weighted by Crippen LogP contribution is 2.25. The van der Waals surface area contributed by atoms with Crippen LogP contribution in [-0.2, 0) is 9.53 Å². The van der Waals surface area contributed by atoms with Crippen molar-refractivity contribution in [2.75, 3.05) is 26.8 Å². The number of hydrogen-bond acceptors (Lipinski definition) is 3. The van der Waals surface area contributed by atoms with Gasteiger partial charge in [-0.05, 0) is 32.1 Å². The van der Waals surface area contributed by atoms with Crippen molar-refractivity contribution >= 4 is 5.91 Å². The van der Waals surface area contributed by atoms with Crippen molar-refractivity contribution in [1.82, 2.24) is 10.2 Å². The minimum atomic E-state index is 0.216. The third kappa shape index (κ3) is 2.95. The Bertz CT molecular complexity index is 247. The highest BCUT2D eigenvalue weighted by atomic mass is 16.5. The van der Waals surface area contributed by atoms with Gasteiger partial charge in [-0.15, -0.1) is 0 Å². The maximum Gasteiger partial charge on any atom is 0.236 e. The molecule has 0 bridgehead atoms. The van der Waals surface area contributed by atoms with E-state index in [-0.39, 0.29) is 5.91 Å². The number of ether oxygens (including phenoxy) is 1. The van der Waals surface area contributed by atoms with Crippen LogP contribution in [0.15, 0.2) is 0 Å². The van der Waals surface area contributed by atoms with Crippen molar-refractivity contribution in [2.45, 2.75) is 38.3 Å². The molecule has 1 aliphatic heterocycles. The van der Waals surface area contributed by atoms with Gasteiger partial charge in [-0.3, -0.25) is 4.79 Å². The van der Waals surface area contributed by atoms with Crippen LogP contribution in [0.25, 0.3) is 0 Å². The third-order valence-corrected chi connectivity index (χ3v) is 3.74. The molecule has 2 atom stereocenters. The van der Waals surface area contributed by atoms with E-state index in [2.05, 4.69) is 12.2 Å². The fraction of sp³-hybridized carbons (Fsp3) is 0.917. The van der Waals surface area contributed by atoms with Crippen LogP contribution in [0.1, 0.15) is 26.2 Å². The first-order valence-corrected chi connectivity index (χ1v) is 6.25. The summed E-state index contributed by atoms with van der Waals surface area (Å²) in [6, 6.07) is 0.887. The lowest BCUT2D eigenvalue weighted by molar-refractivity contribution is -0.129. The van der Waals surface area contributed by atoms with Crippen LogP contribution in [0.5, 0.6) is 0 Å². The van der Waals surface area contributed by atoms with Gasteiger partial charge in [0.2, 0.25) is 5.91 Å². The molecule has 16 heavy (non-hydrogen) atoms. The summed E-state index contributed by atoms with van der Waals surface area (Å²) in [5.74, 6) is 0.785. The molecule has 1 N–H and O–H groups in total. The van der Waals surface area contributed by atoms with Gasteiger partial charge in [0.25, 0.3) is 0 Å². The van der Waals surface area contributed by atoms with E-state index in [0.29, 0.717) is 24.5 Å². The lowest BCUT2D eigenvalue weighted by Gasteiger charge is -2.21. The number of likely N-dealkylation sites (N-methyl/N-ethyl adjacent to an activating group) is 1. The van der Waals surface area contributed by atoms with Crippen LogP contribution < -0.4 is 5.32 Å². The van der Waals surface area contributed by atoms with Gasteiger partial charge < -0.3 is 15.0 Å². The zero-order chi connectivity index (χ0) is 11.5. The molecule has 0 aromatic heterocycles. The van der Waals surface area contributed by atoms with E-state index >= 15 is 0 Å². The first-order chi connectivity index (χ1) is 7.68. The molecule has 4 nitrogen and oxygen atoms in total. The van der Waals surface area contributed by atoms with E-state index < -0.39 is 0 Å². The molecule has 0 radical (unpaired) electrons. The maximum absolute atomic E-state index is 11.8. The second-order valence-electron chi connectivity index (χ2n) is 5.03. The molecule has 92 valence electrons. The largest absolute Gasteiger partial charge is 0.381 e. The van der Waals surface area contributed by atoms with Gasteiger partial charge in [0.15, 0.2) is 0 Å². The van der Waals surface area contributed by atoms with Crippen molar-refractivity contribution in [3.05, 3.63) is 0 Å². The third-order valence-electron chi connectivity index (χ3n) is 3.74. The van der Waals surface area contributed by atoms with Gasteiger partial charge in [-0.2, -0.15) is 0 Å². The molecule has 1 saturated heterocycles. The molecule has 0 aromatic rings. The van der Waals surface area contributed by atoms with Crippen molar-refractivity contribution in [2.24, 2.45) is 5.92 Å². The summed E-state index contributed by atoms with van der Waals surface area (Å²) < 4.78 is 5.35. The Balaban J connectivity index is 1.67. The van der Waals surface area contributed by atoms with Crippen LogP contribution in [0.3, 0.4) is 0 Å². The summed E-state index contributed by atoms with van der Waals surface area (Å²) in [5, 5.41) is 3.32. The number of carbonyl (C=O) groups excluding carboxylic acids is 1. The average Bonchev–Trinajstić information content (AvgIpc) is 2.99. The van der Waals surface area contributed by atoms with Crippen molar-refractivity contribution < 1.29 is 9.53 Å². The van der Waals surface area contributed by atoms with Crippen molar-refractivity contribution in [3.8, 4) is 0 Å². The molecular weight excluding hydrogens is 204 g/mol. The van der Waals surface area contributed by atoms with E-state index in [1.165, 1.54) is 12.8 Å². The fourth-order valence-corrected chi connectivity index (χ4v) is 2.15. The first-order valence-electron chi connectivity index (χ1n) is 6.25. The van der Waals surface area contributed by atoms with Crippen LogP contribution in [-0.4, -0.2) is 49.7 Å². The number of nitrogens with one attached hydrogen (secondary N) is 1. The summed E-state index contributed by atoms with van der Waals surface area (Å²) in [5.41, 5.74) is 0. The molecule has 4 heteroatoms. The molecule has 2 unspecified atom stereocenters. The molecule has 2 aliphatic rings. The van der Waals surface area contributed by atoms with Gasteiger partial charge in [0.1, 0.15) is 0 Å². The van der Waals surface area contributed by atoms with Gasteiger partial charge in [-0.25, -0.2) is 0 Å². The van der Waals surface area contributed by atoms with Crippen LogP contribution in [0.2, 0.25) is 0 Å². The zero-order valence-electron chi connectivity index (χ0n) is 10.2. The second-order valence-corrected chi connectivity index (χ2v) is 5.03. The molecule has 1 amide bonds. The number of amides is 1. The van der Waals surface area contributed by atoms with Crippen LogP contribution >= 0.6 is 0 Å². The number of carbonyl (C=O) groups is 1. The Morgan fingerprint density at radius 1 is 1.50 bits per heavy atom. The van der Waals surface area contributed by atoms with E-state index in [9.17, 15) is 4.79 Å². The molecule has 1 heterocycles. The Labute approximate surface area is 97.3 Å². The summed E-state index contributed by atoms with van der Waals surface area (Å²) >= 11 is 0. The molecule has 0 spiro atoms. The standard InChI is InChI=1S/C12H22N2O2/c1-9(10-5-6-16-8-10)13-7-12(15)14(2)11-3-4-11/h9-11,13H,3-8H2,1-2H3. The molecule has 2 rings (SSSR count). The average molecular weight is 226 g/mol. The van der Waals surface area contributed by atoms with Gasteiger partial charge in [-0.1, -0.05) is 0 Å². The van der Waals surface area contributed by atoms with Gasteiger partial charge in [0.05, 0.1) is 13.2 Å². The molecule has 1 saturated carbocycles. The second kappa shape index (κ2) is 5.15. The number of hydrogen-bond donors (Lipinski definition) is 1. The minimum absolute atomic E-state index is 0.216. The Kier molecular flexibility index (Phi) is 3.82. The lowest BCUT2D eigenvalue weighted by Crippen LogP contribution is -2.42. The lowest BCUT2D eigenvalue weighted by atomic mass is 10.0. The minimum Gasteiger partial charge on any atom is -0.381 e. The summed E-state index contributed by atoms with van der Waals surface area (Å²) in [7, 11) is 1.91. The highest BCUT2D eigenvalue weighted by Gasteiger charge is 2.30. The smallest absolute Gasteiger partial charge is 0.236 e. The predicted octanol–water partition coefficient (Wildman–Crippen LogP) is 0.622. The van der Waals surface area contributed by atoms with E-state index in [1.807, 2.05) is 11.9 Å². The molecule has 0 aromatic carbocycles. The quantitative estimate of drug-likeness (QED) is 0.747. The van der Waals surface area contributed by atoms with Gasteiger partial charge in [0, 0.05) is 25.7 Å². The first kappa shape index (κ1) is 11.9. The Hall–Kier alpha value is -0.610. The van der Waals surface area contributed by atoms with Crippen molar-refractivity contribution in [1.29, 1.82) is 0 Å². The van der Waals surface area contributed by atoms with E-state index in [1.54, 1.807) is 0 Å². The number of rotatable bonds is 5. The fourth-order valence-electron chi connectivity index (χ4n) is 2.15. The summed E-state index contributed by atoms with van der Waals surface area (Å²) in [6.45, 7) is 4.31. The predicted molar refractivity (Wildman–Crippen MR) is 62.2 cm³/mol. The number of nitrogens with zero attached hydrogens (tertiary/aromatic N) is 1. The van der Waals surface area contributed by atoms with Crippen molar-refractivity contribution in [3.63, 3.8) is 0 Å². The monoisotopic (exact) mass is 226 g/mol. The summed E-state index contributed by atoms with van der Waals surface area (Å²) in [4.78, 5) is 13.7. The Morgan fingerprint density at radius 3 is 2.81 bits per heavy atom. The molecular formula is C12H22N2O2. The normalized spacial score (nSPS) is 26.8. The highest BCUT2D eigenvalue weighted by molar-refractivity contribution is 5.78. The zero-order valence-corrected chi connectivity index (χ0v) is 10.2. The van der Waals surface area contributed by atoms with E-state index in [4.69, 9.17) is 4.74 Å². The molecule has 1 aliphatic carbocycles. The van der Waals surface area contributed by atoms with E-state index in [0.717, 1.165) is 19.6 Å². The Morgan fingerprint density at radius 2 is 2.25 bits per heavy atom. The van der Waals surface area contributed by atoms with Crippen LogP contribution in [0.4, 0.5) is 0 Å². The SMILES string of the molecule is CC(NCC(=O)N(C)C1CC1)C1CCOC1. The topological polar surface area (TPSA) is 41.6 Å².